The van der Waals surface area contributed by atoms with Crippen molar-refractivity contribution in [3.05, 3.63) is 78.2 Å². The maximum Gasteiger partial charge on any atom is 0.274 e. The molecule has 4 nitrogen and oxygen atoms in total. The van der Waals surface area contributed by atoms with Crippen LogP contribution >= 0.6 is 0 Å². The van der Waals surface area contributed by atoms with Gasteiger partial charge in [0.1, 0.15) is 5.82 Å². The molecule has 1 heterocycles. The fourth-order valence-electron chi connectivity index (χ4n) is 2.32. The predicted octanol–water partition coefficient (Wildman–Crippen LogP) is 3.67. The van der Waals surface area contributed by atoms with Gasteiger partial charge in [-0.3, -0.25) is 15.0 Å². The number of hydrogen-bond donors (Lipinski definition) is 2. The molecule has 0 unspecified atom stereocenters. The van der Waals surface area contributed by atoms with E-state index in [-0.39, 0.29) is 11.4 Å². The summed E-state index contributed by atoms with van der Waals surface area (Å²) in [4.78, 5) is 15.6. The molecule has 0 aliphatic carbocycles. The highest BCUT2D eigenvalue weighted by Crippen LogP contribution is 2.27. The number of halogens is 1. The Labute approximate surface area is 132 Å². The molecule has 0 saturated carbocycles. The van der Waals surface area contributed by atoms with Crippen molar-refractivity contribution in [3.63, 3.8) is 0 Å². The van der Waals surface area contributed by atoms with Crippen LogP contribution in [0.2, 0.25) is 0 Å². The van der Waals surface area contributed by atoms with Crippen LogP contribution < -0.4 is 5.48 Å². The molecule has 3 rings (SSSR count). The largest absolute Gasteiger partial charge is 0.288 e. The van der Waals surface area contributed by atoms with Gasteiger partial charge in [-0.05, 0) is 23.8 Å². The second kappa shape index (κ2) is 6.37. The molecule has 0 bridgehead atoms. The smallest absolute Gasteiger partial charge is 0.274 e. The van der Waals surface area contributed by atoms with E-state index in [9.17, 15) is 9.18 Å². The third-order valence-corrected chi connectivity index (χ3v) is 3.47. The first-order valence-corrected chi connectivity index (χ1v) is 6.95. The van der Waals surface area contributed by atoms with E-state index in [1.807, 2.05) is 30.3 Å². The van der Waals surface area contributed by atoms with Crippen LogP contribution in [0.4, 0.5) is 4.39 Å². The van der Waals surface area contributed by atoms with E-state index in [1.54, 1.807) is 17.6 Å². The van der Waals surface area contributed by atoms with Crippen molar-refractivity contribution in [2.75, 3.05) is 0 Å². The molecule has 3 aromatic rings. The second-order valence-electron chi connectivity index (χ2n) is 4.93. The lowest BCUT2D eigenvalue weighted by Crippen LogP contribution is -2.18. The van der Waals surface area contributed by atoms with E-state index in [2.05, 4.69) is 4.98 Å². The second-order valence-corrected chi connectivity index (χ2v) is 4.93. The predicted molar refractivity (Wildman–Crippen MR) is 84.3 cm³/mol. The van der Waals surface area contributed by atoms with E-state index in [0.717, 1.165) is 5.56 Å². The molecule has 2 aromatic carbocycles. The summed E-state index contributed by atoms with van der Waals surface area (Å²) in [5, 5.41) is 8.68. The first-order chi connectivity index (χ1) is 11.2. The number of benzene rings is 2. The highest BCUT2D eigenvalue weighted by Gasteiger charge is 2.10. The normalized spacial score (nSPS) is 10.3. The van der Waals surface area contributed by atoms with Gasteiger partial charge in [0.25, 0.3) is 5.91 Å². The summed E-state index contributed by atoms with van der Waals surface area (Å²) >= 11 is 0. The van der Waals surface area contributed by atoms with Gasteiger partial charge in [0.15, 0.2) is 0 Å². The van der Waals surface area contributed by atoms with Crippen molar-refractivity contribution in [2.24, 2.45) is 0 Å². The number of nitrogens with zero attached hydrogens (tertiary/aromatic N) is 1. The Bertz CT molecular complexity index is 851. The topological polar surface area (TPSA) is 62.2 Å². The first kappa shape index (κ1) is 14.9. The minimum atomic E-state index is -0.643. The maximum absolute atomic E-state index is 14.4. The van der Waals surface area contributed by atoms with Gasteiger partial charge in [0, 0.05) is 22.9 Å². The molecule has 0 saturated heterocycles. The van der Waals surface area contributed by atoms with Crippen LogP contribution in [0.1, 0.15) is 10.4 Å². The molecule has 114 valence electrons. The molecule has 0 aliphatic heterocycles. The lowest BCUT2D eigenvalue weighted by Gasteiger charge is -2.07. The van der Waals surface area contributed by atoms with Crippen molar-refractivity contribution in [3.8, 4) is 22.4 Å². The fourth-order valence-corrected chi connectivity index (χ4v) is 2.32. The van der Waals surface area contributed by atoms with Crippen molar-refractivity contribution in [1.82, 2.24) is 10.5 Å². The summed E-state index contributed by atoms with van der Waals surface area (Å²) in [6.45, 7) is 0. The Hall–Kier alpha value is -3.05. The zero-order valence-electron chi connectivity index (χ0n) is 12.0. The monoisotopic (exact) mass is 308 g/mol. The third-order valence-electron chi connectivity index (χ3n) is 3.47. The number of amides is 1. The van der Waals surface area contributed by atoms with Crippen LogP contribution in [-0.2, 0) is 0 Å². The summed E-state index contributed by atoms with van der Waals surface area (Å²) in [6, 6.07) is 17.0. The number of pyridine rings is 1. The SMILES string of the molecule is O=C(NO)c1ccnc(-c2ccc(-c3ccccc3)c(F)c2)c1. The zero-order valence-corrected chi connectivity index (χ0v) is 12.0. The Morgan fingerprint density at radius 1 is 1.00 bits per heavy atom. The van der Waals surface area contributed by atoms with E-state index >= 15 is 0 Å². The summed E-state index contributed by atoms with van der Waals surface area (Å²) in [6.07, 6.45) is 1.43. The molecule has 0 fully saturated rings. The number of nitrogens with one attached hydrogen (secondary N) is 1. The minimum Gasteiger partial charge on any atom is -0.288 e. The Morgan fingerprint density at radius 3 is 2.48 bits per heavy atom. The molecular weight excluding hydrogens is 295 g/mol. The molecule has 5 heteroatoms. The summed E-state index contributed by atoms with van der Waals surface area (Å²) in [5.41, 5.74) is 4.09. The number of carbonyl (C=O) groups excluding carboxylic acids is 1. The van der Waals surface area contributed by atoms with Gasteiger partial charge in [0.05, 0.1) is 5.69 Å². The highest BCUT2D eigenvalue weighted by atomic mass is 19.1. The maximum atomic E-state index is 14.4. The summed E-state index contributed by atoms with van der Waals surface area (Å²) in [5.74, 6) is -1.01. The van der Waals surface area contributed by atoms with Crippen LogP contribution in [-0.4, -0.2) is 16.1 Å². The standard InChI is InChI=1S/C18H13FN2O2/c19-16-10-13(6-7-15(16)12-4-2-1-3-5-12)17-11-14(8-9-20-17)18(22)21-23/h1-11,23H,(H,21,22). The van der Waals surface area contributed by atoms with Crippen LogP contribution in [0.5, 0.6) is 0 Å². The van der Waals surface area contributed by atoms with E-state index < -0.39 is 5.91 Å². The van der Waals surface area contributed by atoms with Gasteiger partial charge < -0.3 is 0 Å². The van der Waals surface area contributed by atoms with Crippen molar-refractivity contribution in [1.29, 1.82) is 0 Å². The fraction of sp³-hybridized carbons (Fsp3) is 0. The Kier molecular flexibility index (Phi) is 4.12. The molecule has 1 aromatic heterocycles. The average molecular weight is 308 g/mol. The van der Waals surface area contributed by atoms with Gasteiger partial charge in [-0.1, -0.05) is 42.5 Å². The summed E-state index contributed by atoms with van der Waals surface area (Å²) in [7, 11) is 0. The molecule has 2 N–H and O–H groups in total. The lowest BCUT2D eigenvalue weighted by molar-refractivity contribution is 0.0706. The molecule has 0 spiro atoms. The van der Waals surface area contributed by atoms with Crippen molar-refractivity contribution in [2.45, 2.75) is 0 Å². The van der Waals surface area contributed by atoms with Crippen LogP contribution in [0.15, 0.2) is 66.9 Å². The van der Waals surface area contributed by atoms with Crippen LogP contribution in [0.25, 0.3) is 22.4 Å². The molecule has 0 atom stereocenters. The number of hydrogen-bond acceptors (Lipinski definition) is 3. The van der Waals surface area contributed by atoms with E-state index in [0.29, 0.717) is 16.8 Å². The van der Waals surface area contributed by atoms with Crippen LogP contribution in [0, 0.1) is 5.82 Å². The third kappa shape index (κ3) is 3.09. The number of aromatic nitrogens is 1. The number of carbonyl (C=O) groups is 1. The van der Waals surface area contributed by atoms with Gasteiger partial charge >= 0.3 is 0 Å². The Balaban J connectivity index is 1.99. The van der Waals surface area contributed by atoms with Gasteiger partial charge in [0.2, 0.25) is 0 Å². The van der Waals surface area contributed by atoms with E-state index in [4.69, 9.17) is 5.21 Å². The number of hydroxylamine groups is 1. The first-order valence-electron chi connectivity index (χ1n) is 6.95. The molecule has 1 amide bonds. The number of rotatable bonds is 3. The molecule has 0 radical (unpaired) electrons. The lowest BCUT2D eigenvalue weighted by atomic mass is 10.0. The molecule has 23 heavy (non-hydrogen) atoms. The quantitative estimate of drug-likeness (QED) is 0.573. The van der Waals surface area contributed by atoms with E-state index in [1.165, 1.54) is 24.4 Å². The zero-order chi connectivity index (χ0) is 16.2. The Morgan fingerprint density at radius 2 is 1.78 bits per heavy atom. The van der Waals surface area contributed by atoms with Gasteiger partial charge in [-0.2, -0.15) is 0 Å². The average Bonchev–Trinajstić information content (AvgIpc) is 2.61. The van der Waals surface area contributed by atoms with Gasteiger partial charge in [-0.15, -0.1) is 0 Å². The van der Waals surface area contributed by atoms with Crippen molar-refractivity contribution >= 4 is 5.91 Å². The summed E-state index contributed by atoms with van der Waals surface area (Å²) < 4.78 is 14.4. The van der Waals surface area contributed by atoms with Gasteiger partial charge in [-0.25, -0.2) is 9.87 Å². The molecule has 0 aliphatic rings. The molecular formula is C18H13FN2O2. The minimum absolute atomic E-state index is 0.241. The highest BCUT2D eigenvalue weighted by molar-refractivity contribution is 5.94. The van der Waals surface area contributed by atoms with Crippen LogP contribution in [0.3, 0.4) is 0 Å². The van der Waals surface area contributed by atoms with Crippen molar-refractivity contribution < 1.29 is 14.4 Å².